The van der Waals surface area contributed by atoms with Crippen LogP contribution in [0.1, 0.15) is 6.42 Å². The first-order chi connectivity index (χ1) is 7.59. The lowest BCUT2D eigenvalue weighted by atomic mass is 10.2. The van der Waals surface area contributed by atoms with Gasteiger partial charge in [-0.2, -0.15) is 0 Å². The van der Waals surface area contributed by atoms with Gasteiger partial charge in [0.1, 0.15) is 11.4 Å². The number of para-hydroxylation sites is 1. The summed E-state index contributed by atoms with van der Waals surface area (Å²) in [7, 11) is 0. The highest BCUT2D eigenvalue weighted by atomic mass is 16.6. The van der Waals surface area contributed by atoms with Crippen LogP contribution in [0.3, 0.4) is 0 Å². The fourth-order valence-corrected chi connectivity index (χ4v) is 1.96. The quantitative estimate of drug-likeness (QED) is 0.438. The fourth-order valence-electron chi connectivity index (χ4n) is 1.96. The molecule has 1 aliphatic rings. The Balaban J connectivity index is 2.40. The first kappa shape index (κ1) is 10.7. The van der Waals surface area contributed by atoms with E-state index in [1.807, 2.05) is 0 Å². The van der Waals surface area contributed by atoms with Crippen molar-refractivity contribution < 1.29 is 10.0 Å². The van der Waals surface area contributed by atoms with E-state index >= 15 is 0 Å². The Hall–Kier alpha value is -1.82. The minimum atomic E-state index is -0.477. The molecule has 0 aliphatic carbocycles. The van der Waals surface area contributed by atoms with Gasteiger partial charge in [-0.15, -0.1) is 0 Å². The topological polar surface area (TPSA) is 92.6 Å². The Bertz CT molecular complexity index is 422. The van der Waals surface area contributed by atoms with E-state index in [9.17, 15) is 15.2 Å². The van der Waals surface area contributed by atoms with Crippen LogP contribution in [0.25, 0.3) is 0 Å². The zero-order chi connectivity index (χ0) is 11.7. The highest BCUT2D eigenvalue weighted by molar-refractivity contribution is 5.75. The van der Waals surface area contributed by atoms with Gasteiger partial charge in [-0.1, -0.05) is 6.07 Å². The third-order valence-electron chi connectivity index (χ3n) is 2.73. The molecular weight excluding hydrogens is 210 g/mol. The van der Waals surface area contributed by atoms with Crippen LogP contribution >= 0.6 is 0 Å². The molecule has 1 saturated heterocycles. The van der Waals surface area contributed by atoms with E-state index in [1.165, 1.54) is 6.07 Å². The third-order valence-corrected chi connectivity index (χ3v) is 2.73. The van der Waals surface area contributed by atoms with Gasteiger partial charge >= 0.3 is 5.69 Å². The number of rotatable bonds is 2. The van der Waals surface area contributed by atoms with Gasteiger partial charge < -0.3 is 15.7 Å². The summed E-state index contributed by atoms with van der Waals surface area (Å²) in [4.78, 5) is 12.2. The maximum Gasteiger partial charge on any atom is 0.315 e. The number of nitrogen functional groups attached to an aromatic ring is 1. The van der Waals surface area contributed by atoms with E-state index in [0.717, 1.165) is 0 Å². The van der Waals surface area contributed by atoms with Crippen LogP contribution in [0.5, 0.6) is 0 Å². The molecule has 1 aliphatic heterocycles. The number of nitrogens with two attached hydrogens (primary N) is 1. The van der Waals surface area contributed by atoms with E-state index in [4.69, 9.17) is 5.73 Å². The molecule has 0 aromatic heterocycles. The second-order valence-electron chi connectivity index (χ2n) is 3.86. The summed E-state index contributed by atoms with van der Waals surface area (Å²) in [5.74, 6) is 0. The lowest BCUT2D eigenvalue weighted by molar-refractivity contribution is -0.383. The number of hydrogen-bond acceptors (Lipinski definition) is 5. The minimum absolute atomic E-state index is 0.0726. The number of β-amino-alcohol motifs (C(OH)–C–C–N with tert-alkyl or cyclic N) is 1. The van der Waals surface area contributed by atoms with Crippen molar-refractivity contribution in [3.05, 3.63) is 28.3 Å². The number of aliphatic hydroxyl groups excluding tert-OH is 1. The summed E-state index contributed by atoms with van der Waals surface area (Å²) in [6.07, 6.45) is 0.215. The summed E-state index contributed by atoms with van der Waals surface area (Å²) < 4.78 is 0. The summed E-state index contributed by atoms with van der Waals surface area (Å²) in [5, 5.41) is 20.3. The largest absolute Gasteiger partial charge is 0.393 e. The van der Waals surface area contributed by atoms with Crippen molar-refractivity contribution in [1.82, 2.24) is 0 Å². The van der Waals surface area contributed by atoms with Gasteiger partial charge in [-0.3, -0.25) is 10.1 Å². The summed E-state index contributed by atoms with van der Waals surface area (Å²) >= 11 is 0. The molecule has 1 unspecified atom stereocenters. The SMILES string of the molecule is Nc1cccc(N2CCC(O)C2)c1[N+](=O)[O-]. The normalized spacial score (nSPS) is 20.1. The van der Waals surface area contributed by atoms with Crippen LogP contribution in [-0.2, 0) is 0 Å². The maximum absolute atomic E-state index is 10.9. The van der Waals surface area contributed by atoms with Crippen LogP contribution < -0.4 is 10.6 Å². The fraction of sp³-hybridized carbons (Fsp3) is 0.400. The molecule has 6 nitrogen and oxygen atoms in total. The van der Waals surface area contributed by atoms with Crippen LogP contribution in [0.15, 0.2) is 18.2 Å². The molecule has 86 valence electrons. The summed E-state index contributed by atoms with van der Waals surface area (Å²) in [6.45, 7) is 1.04. The van der Waals surface area contributed by atoms with Crippen molar-refractivity contribution in [3.8, 4) is 0 Å². The minimum Gasteiger partial charge on any atom is -0.393 e. The molecule has 6 heteroatoms. The highest BCUT2D eigenvalue weighted by Crippen LogP contribution is 2.35. The van der Waals surface area contributed by atoms with E-state index in [1.54, 1.807) is 17.0 Å². The molecular formula is C10H13N3O3. The van der Waals surface area contributed by atoms with E-state index < -0.39 is 11.0 Å². The van der Waals surface area contributed by atoms with Gasteiger partial charge in [-0.05, 0) is 18.6 Å². The molecule has 0 saturated carbocycles. The zero-order valence-electron chi connectivity index (χ0n) is 8.67. The van der Waals surface area contributed by atoms with Gasteiger partial charge in [0.05, 0.1) is 11.0 Å². The van der Waals surface area contributed by atoms with Crippen LogP contribution in [0, 0.1) is 10.1 Å². The first-order valence-electron chi connectivity index (χ1n) is 5.05. The molecule has 1 heterocycles. The summed E-state index contributed by atoms with van der Waals surface area (Å²) in [5.41, 5.74) is 6.17. The van der Waals surface area contributed by atoms with Crippen LogP contribution in [0.2, 0.25) is 0 Å². The number of anilines is 2. The highest BCUT2D eigenvalue weighted by Gasteiger charge is 2.27. The third kappa shape index (κ3) is 1.79. The molecule has 1 atom stereocenters. The van der Waals surface area contributed by atoms with Gasteiger partial charge in [-0.25, -0.2) is 0 Å². The van der Waals surface area contributed by atoms with E-state index in [0.29, 0.717) is 25.2 Å². The first-order valence-corrected chi connectivity index (χ1v) is 5.05. The predicted molar refractivity (Wildman–Crippen MR) is 60.3 cm³/mol. The average molecular weight is 223 g/mol. The molecule has 1 fully saturated rings. The van der Waals surface area contributed by atoms with Crippen molar-refractivity contribution >= 4 is 17.1 Å². The molecule has 16 heavy (non-hydrogen) atoms. The van der Waals surface area contributed by atoms with E-state index in [2.05, 4.69) is 0 Å². The number of nitro benzene ring substituents is 1. The van der Waals surface area contributed by atoms with Crippen LogP contribution in [0.4, 0.5) is 17.1 Å². The van der Waals surface area contributed by atoms with Gasteiger partial charge in [0.15, 0.2) is 0 Å². The van der Waals surface area contributed by atoms with Crippen molar-refractivity contribution in [3.63, 3.8) is 0 Å². The number of nitro groups is 1. The number of benzene rings is 1. The summed E-state index contributed by atoms with van der Waals surface area (Å²) in [6, 6.07) is 4.85. The molecule has 0 bridgehead atoms. The lowest BCUT2D eigenvalue weighted by Gasteiger charge is -2.18. The second-order valence-corrected chi connectivity index (χ2v) is 3.86. The van der Waals surface area contributed by atoms with Gasteiger partial charge in [0, 0.05) is 13.1 Å². The molecule has 1 aromatic rings. The van der Waals surface area contributed by atoms with Gasteiger partial charge in [0.2, 0.25) is 0 Å². The van der Waals surface area contributed by atoms with Crippen molar-refractivity contribution in [1.29, 1.82) is 0 Å². The average Bonchev–Trinajstić information content (AvgIpc) is 2.63. The molecule has 0 radical (unpaired) electrons. The number of aliphatic hydroxyl groups is 1. The monoisotopic (exact) mass is 223 g/mol. The Kier molecular flexibility index (Phi) is 2.66. The molecule has 2 rings (SSSR count). The zero-order valence-corrected chi connectivity index (χ0v) is 8.67. The number of hydrogen-bond donors (Lipinski definition) is 2. The molecule has 1 aromatic carbocycles. The van der Waals surface area contributed by atoms with Crippen molar-refractivity contribution in [2.75, 3.05) is 23.7 Å². The number of nitrogens with zero attached hydrogens (tertiary/aromatic N) is 2. The smallest absolute Gasteiger partial charge is 0.315 e. The van der Waals surface area contributed by atoms with E-state index in [-0.39, 0.29) is 11.4 Å². The maximum atomic E-state index is 10.9. The van der Waals surface area contributed by atoms with Crippen LogP contribution in [-0.4, -0.2) is 29.2 Å². The molecule has 3 N–H and O–H groups in total. The molecule has 0 spiro atoms. The predicted octanol–water partition coefficient (Wildman–Crippen LogP) is 0.748. The Morgan fingerprint density at radius 1 is 1.56 bits per heavy atom. The standard InChI is InChI=1S/C10H13N3O3/c11-8-2-1-3-9(10(8)13(15)16)12-5-4-7(14)6-12/h1-3,7,14H,4-6,11H2. The van der Waals surface area contributed by atoms with Gasteiger partial charge in [0.25, 0.3) is 0 Å². The Morgan fingerprint density at radius 2 is 2.31 bits per heavy atom. The molecule has 0 amide bonds. The lowest BCUT2D eigenvalue weighted by Crippen LogP contribution is -2.22. The van der Waals surface area contributed by atoms with Crippen molar-refractivity contribution in [2.45, 2.75) is 12.5 Å². The van der Waals surface area contributed by atoms with Crippen molar-refractivity contribution in [2.24, 2.45) is 0 Å². The Labute approximate surface area is 92.4 Å². The Morgan fingerprint density at radius 3 is 2.88 bits per heavy atom. The second kappa shape index (κ2) is 3.97.